The van der Waals surface area contributed by atoms with E-state index in [2.05, 4.69) is 23.5 Å². The molecule has 3 N–H and O–H groups in total. The minimum Gasteiger partial charge on any atom is -0.378 e. The van der Waals surface area contributed by atoms with Crippen LogP contribution in [-0.2, 0) is 16.0 Å². The van der Waals surface area contributed by atoms with Crippen LogP contribution in [0.1, 0.15) is 57.2 Å². The molecule has 1 amide bonds. The third kappa shape index (κ3) is 2.58. The van der Waals surface area contributed by atoms with E-state index in [4.69, 9.17) is 10.5 Å². The van der Waals surface area contributed by atoms with Gasteiger partial charge in [-0.2, -0.15) is 0 Å². The van der Waals surface area contributed by atoms with E-state index in [1.54, 1.807) is 0 Å². The number of benzene rings is 1. The number of nitrogens with two attached hydrogens (primary N) is 1. The summed E-state index contributed by atoms with van der Waals surface area (Å²) in [5.74, 6) is -0.0415. The summed E-state index contributed by atoms with van der Waals surface area (Å²) in [4.78, 5) is 12.9. The van der Waals surface area contributed by atoms with Crippen molar-refractivity contribution >= 4 is 5.91 Å². The van der Waals surface area contributed by atoms with Gasteiger partial charge in [0, 0.05) is 18.4 Å². The van der Waals surface area contributed by atoms with Crippen LogP contribution in [0.4, 0.5) is 0 Å². The number of amides is 1. The van der Waals surface area contributed by atoms with Crippen molar-refractivity contribution in [1.29, 1.82) is 0 Å². The second-order valence-electron chi connectivity index (χ2n) is 7.46. The number of aryl methyl sites for hydroxylation is 1. The predicted molar refractivity (Wildman–Crippen MR) is 91.0 cm³/mol. The smallest absolute Gasteiger partial charge is 0.241 e. The summed E-state index contributed by atoms with van der Waals surface area (Å²) in [6, 6.07) is 8.46. The average molecular weight is 316 g/mol. The second kappa shape index (κ2) is 5.91. The molecule has 3 rings (SSSR count). The largest absolute Gasteiger partial charge is 0.378 e. The van der Waals surface area contributed by atoms with Gasteiger partial charge in [-0.05, 0) is 37.3 Å². The highest BCUT2D eigenvalue weighted by molar-refractivity contribution is 5.89. The Hall–Kier alpha value is -1.39. The Morgan fingerprint density at radius 3 is 2.83 bits per heavy atom. The highest BCUT2D eigenvalue weighted by Crippen LogP contribution is 2.50. The van der Waals surface area contributed by atoms with Gasteiger partial charge in [-0.25, -0.2) is 0 Å². The molecule has 1 aromatic carbocycles. The molecule has 1 aromatic rings. The molecule has 0 saturated heterocycles. The number of hydrogen-bond donors (Lipinski definition) is 2. The lowest BCUT2D eigenvalue weighted by Gasteiger charge is -2.57. The van der Waals surface area contributed by atoms with Crippen molar-refractivity contribution in [2.45, 2.75) is 64.1 Å². The van der Waals surface area contributed by atoms with Gasteiger partial charge in [0.1, 0.15) is 5.54 Å². The number of ether oxygens (including phenoxy) is 1. The molecule has 23 heavy (non-hydrogen) atoms. The summed E-state index contributed by atoms with van der Waals surface area (Å²) in [6.45, 7) is 6.70. The molecule has 0 heterocycles. The number of carbonyl (C=O) groups is 1. The highest BCUT2D eigenvalue weighted by Gasteiger charge is 2.63. The van der Waals surface area contributed by atoms with Crippen molar-refractivity contribution in [3.63, 3.8) is 0 Å². The van der Waals surface area contributed by atoms with E-state index >= 15 is 0 Å². The summed E-state index contributed by atoms with van der Waals surface area (Å²) < 4.78 is 5.72. The van der Waals surface area contributed by atoms with Crippen LogP contribution in [0, 0.1) is 5.41 Å². The Balaban J connectivity index is 1.74. The Bertz CT molecular complexity index is 599. The maximum atomic E-state index is 12.9. The molecule has 126 valence electrons. The Morgan fingerprint density at radius 1 is 1.39 bits per heavy atom. The van der Waals surface area contributed by atoms with E-state index in [9.17, 15) is 4.79 Å². The lowest BCUT2D eigenvalue weighted by molar-refractivity contribution is -0.171. The molecule has 4 heteroatoms. The number of carbonyl (C=O) groups excluding carboxylic acids is 1. The minimum atomic E-state index is -0.848. The molecule has 0 aromatic heterocycles. The van der Waals surface area contributed by atoms with Crippen LogP contribution < -0.4 is 11.1 Å². The molecule has 3 atom stereocenters. The van der Waals surface area contributed by atoms with Crippen LogP contribution in [0.15, 0.2) is 24.3 Å². The Kier molecular flexibility index (Phi) is 4.23. The second-order valence-corrected chi connectivity index (χ2v) is 7.46. The summed E-state index contributed by atoms with van der Waals surface area (Å²) >= 11 is 0. The van der Waals surface area contributed by atoms with E-state index in [0.717, 1.165) is 19.3 Å². The molecule has 3 unspecified atom stereocenters. The van der Waals surface area contributed by atoms with Crippen molar-refractivity contribution in [3.8, 4) is 0 Å². The minimum absolute atomic E-state index is 0.0415. The van der Waals surface area contributed by atoms with Crippen LogP contribution in [-0.4, -0.2) is 24.2 Å². The third-order valence-electron chi connectivity index (χ3n) is 5.91. The highest BCUT2D eigenvalue weighted by atomic mass is 16.5. The molecule has 2 aliphatic carbocycles. The quantitative estimate of drug-likeness (QED) is 0.897. The molecular formula is C19H28N2O2. The standard InChI is InChI=1S/C19H28N2O2/c1-4-23-16-12-19(20,18(16,2)3)17(22)21-15-11-7-9-13-8-5-6-10-14(13)15/h5-6,8,10,15-16H,4,7,9,11-12,20H2,1-3H3,(H,21,22). The van der Waals surface area contributed by atoms with Crippen molar-refractivity contribution < 1.29 is 9.53 Å². The van der Waals surface area contributed by atoms with Crippen molar-refractivity contribution in [1.82, 2.24) is 5.32 Å². The van der Waals surface area contributed by atoms with Gasteiger partial charge >= 0.3 is 0 Å². The number of nitrogens with one attached hydrogen (secondary N) is 1. The van der Waals surface area contributed by atoms with Crippen LogP contribution in [0.5, 0.6) is 0 Å². The summed E-state index contributed by atoms with van der Waals surface area (Å²) in [5.41, 5.74) is 7.88. The molecule has 1 saturated carbocycles. The first-order valence-electron chi connectivity index (χ1n) is 8.69. The van der Waals surface area contributed by atoms with E-state index in [-0.39, 0.29) is 23.5 Å². The maximum Gasteiger partial charge on any atom is 0.241 e. The van der Waals surface area contributed by atoms with Gasteiger partial charge in [0.25, 0.3) is 0 Å². The summed E-state index contributed by atoms with van der Waals surface area (Å²) in [5, 5.41) is 3.22. The van der Waals surface area contributed by atoms with E-state index in [1.807, 2.05) is 26.8 Å². The monoisotopic (exact) mass is 316 g/mol. The van der Waals surface area contributed by atoms with E-state index < -0.39 is 5.54 Å². The summed E-state index contributed by atoms with van der Waals surface area (Å²) in [7, 11) is 0. The van der Waals surface area contributed by atoms with Gasteiger partial charge in [0.2, 0.25) is 5.91 Å². The fourth-order valence-electron chi connectivity index (χ4n) is 4.01. The lowest BCUT2D eigenvalue weighted by atomic mass is 9.54. The molecule has 0 radical (unpaired) electrons. The first kappa shape index (κ1) is 16.5. The van der Waals surface area contributed by atoms with E-state index in [0.29, 0.717) is 13.0 Å². The molecule has 1 fully saturated rings. The fraction of sp³-hybridized carbons (Fsp3) is 0.632. The van der Waals surface area contributed by atoms with Crippen molar-refractivity contribution in [2.24, 2.45) is 11.1 Å². The molecular weight excluding hydrogens is 288 g/mol. The molecule has 0 spiro atoms. The maximum absolute atomic E-state index is 12.9. The van der Waals surface area contributed by atoms with Gasteiger partial charge in [-0.3, -0.25) is 4.79 Å². The molecule has 0 aliphatic heterocycles. The normalized spacial score (nSPS) is 31.8. The lowest BCUT2D eigenvalue weighted by Crippen LogP contribution is -2.75. The first-order chi connectivity index (χ1) is 10.9. The van der Waals surface area contributed by atoms with Crippen LogP contribution in [0.2, 0.25) is 0 Å². The third-order valence-corrected chi connectivity index (χ3v) is 5.91. The number of hydrogen-bond acceptors (Lipinski definition) is 3. The fourth-order valence-corrected chi connectivity index (χ4v) is 4.01. The van der Waals surface area contributed by atoms with Gasteiger partial charge < -0.3 is 15.8 Å². The van der Waals surface area contributed by atoms with Gasteiger partial charge in [0.05, 0.1) is 12.1 Å². The zero-order valence-corrected chi connectivity index (χ0v) is 14.4. The zero-order chi connectivity index (χ0) is 16.7. The SMILES string of the molecule is CCOC1CC(N)(C(=O)NC2CCCc3ccccc32)C1(C)C. The van der Waals surface area contributed by atoms with Crippen molar-refractivity contribution in [3.05, 3.63) is 35.4 Å². The summed E-state index contributed by atoms with van der Waals surface area (Å²) in [6.07, 6.45) is 3.82. The van der Waals surface area contributed by atoms with Crippen LogP contribution in [0.3, 0.4) is 0 Å². The Morgan fingerprint density at radius 2 is 2.13 bits per heavy atom. The Labute approximate surface area is 138 Å². The molecule has 2 aliphatic rings. The van der Waals surface area contributed by atoms with E-state index in [1.165, 1.54) is 11.1 Å². The number of rotatable bonds is 4. The first-order valence-corrected chi connectivity index (χ1v) is 8.69. The predicted octanol–water partition coefficient (Wildman–Crippen LogP) is 2.71. The van der Waals surface area contributed by atoms with Crippen LogP contribution >= 0.6 is 0 Å². The van der Waals surface area contributed by atoms with Gasteiger partial charge in [-0.15, -0.1) is 0 Å². The molecule has 0 bridgehead atoms. The van der Waals surface area contributed by atoms with Crippen LogP contribution in [0.25, 0.3) is 0 Å². The van der Waals surface area contributed by atoms with Gasteiger partial charge in [0.15, 0.2) is 0 Å². The average Bonchev–Trinajstić information content (AvgIpc) is 2.54. The molecule has 4 nitrogen and oxygen atoms in total. The van der Waals surface area contributed by atoms with Crippen molar-refractivity contribution in [2.75, 3.05) is 6.61 Å². The zero-order valence-electron chi connectivity index (χ0n) is 14.4. The van der Waals surface area contributed by atoms with Gasteiger partial charge in [-0.1, -0.05) is 38.1 Å². The number of fused-ring (bicyclic) bond motifs is 1. The topological polar surface area (TPSA) is 64.3 Å².